The minimum Gasteiger partial charge on any atom is -0.330 e. The third-order valence-electron chi connectivity index (χ3n) is 6.33. The van der Waals surface area contributed by atoms with Crippen LogP contribution in [0.2, 0.25) is 5.02 Å². The normalized spacial score (nSPS) is 15.7. The number of carbonyl (C=O) groups is 1. The fourth-order valence-corrected chi connectivity index (χ4v) is 7.20. The van der Waals surface area contributed by atoms with Crippen LogP contribution in [0.5, 0.6) is 0 Å². The maximum Gasteiger partial charge on any atom is 0.246 e. The summed E-state index contributed by atoms with van der Waals surface area (Å²) in [7, 11) is -4.02. The number of aromatic nitrogens is 1. The van der Waals surface area contributed by atoms with Gasteiger partial charge in [-0.15, -0.1) is 17.9 Å². The molecule has 1 atom stereocenters. The fraction of sp³-hybridized carbons (Fsp3) is 0.185. The number of rotatable bonds is 7. The van der Waals surface area contributed by atoms with Crippen molar-refractivity contribution in [1.29, 1.82) is 0 Å². The molecule has 0 N–H and O–H groups in total. The highest BCUT2D eigenvalue weighted by molar-refractivity contribution is 7.89. The fourth-order valence-electron chi connectivity index (χ4n) is 4.65. The highest BCUT2D eigenvalue weighted by Crippen LogP contribution is 2.38. The van der Waals surface area contributed by atoms with E-state index < -0.39 is 10.0 Å². The van der Waals surface area contributed by atoms with E-state index >= 15 is 0 Å². The lowest BCUT2D eigenvalue weighted by molar-refractivity contribution is -0.133. The second-order valence-electron chi connectivity index (χ2n) is 8.51. The standard InChI is InChI=1S/C27H24ClN3O3S2/c1-2-15-30(36(33,34)24-7-3-5-19-6-4-14-29-26(19)24)18-25(32)31-16-12-23-22(13-17-35-23)27(31)20-8-10-21(28)11-9-20/h2-11,13-14,17,27H,1,12,15-16,18H2. The van der Waals surface area contributed by atoms with E-state index in [1.165, 1.54) is 21.3 Å². The lowest BCUT2D eigenvalue weighted by Crippen LogP contribution is -2.46. The van der Waals surface area contributed by atoms with Crippen molar-refractivity contribution in [1.82, 2.24) is 14.2 Å². The van der Waals surface area contributed by atoms with E-state index in [9.17, 15) is 13.2 Å². The van der Waals surface area contributed by atoms with Crippen LogP contribution < -0.4 is 0 Å². The van der Waals surface area contributed by atoms with E-state index in [1.807, 2.05) is 47.8 Å². The first kappa shape index (κ1) is 24.6. The largest absolute Gasteiger partial charge is 0.330 e. The predicted molar refractivity (Wildman–Crippen MR) is 144 cm³/mol. The number of benzene rings is 2. The maximum absolute atomic E-state index is 13.8. The van der Waals surface area contributed by atoms with E-state index in [4.69, 9.17) is 11.6 Å². The zero-order valence-electron chi connectivity index (χ0n) is 19.4. The van der Waals surface area contributed by atoms with Gasteiger partial charge in [0.1, 0.15) is 4.90 Å². The molecule has 184 valence electrons. The van der Waals surface area contributed by atoms with Crippen LogP contribution >= 0.6 is 22.9 Å². The molecule has 0 bridgehead atoms. The van der Waals surface area contributed by atoms with Gasteiger partial charge in [0.25, 0.3) is 0 Å². The van der Waals surface area contributed by atoms with Gasteiger partial charge in [0.15, 0.2) is 0 Å². The summed E-state index contributed by atoms with van der Waals surface area (Å²) in [5, 5.41) is 3.36. The molecule has 1 aliphatic rings. The Balaban J connectivity index is 1.49. The molecule has 3 heterocycles. The molecule has 2 aromatic carbocycles. The highest BCUT2D eigenvalue weighted by atomic mass is 35.5. The molecular weight excluding hydrogens is 514 g/mol. The van der Waals surface area contributed by atoms with Crippen molar-refractivity contribution in [3.8, 4) is 0 Å². The second-order valence-corrected chi connectivity index (χ2v) is 11.9. The second kappa shape index (κ2) is 10.1. The predicted octanol–water partition coefficient (Wildman–Crippen LogP) is 5.30. The van der Waals surface area contributed by atoms with E-state index in [-0.39, 0.29) is 29.9 Å². The van der Waals surface area contributed by atoms with Gasteiger partial charge in [-0.25, -0.2) is 8.42 Å². The first-order chi connectivity index (χ1) is 17.4. The van der Waals surface area contributed by atoms with Gasteiger partial charge in [0.2, 0.25) is 15.9 Å². The van der Waals surface area contributed by atoms with Gasteiger partial charge in [-0.1, -0.05) is 48.0 Å². The number of carbonyl (C=O) groups excluding carboxylic acids is 1. The van der Waals surface area contributed by atoms with Crippen LogP contribution in [0.15, 0.2) is 89.8 Å². The van der Waals surface area contributed by atoms with Gasteiger partial charge in [0.05, 0.1) is 18.1 Å². The number of pyridine rings is 1. The number of hydrogen-bond donors (Lipinski definition) is 0. The molecule has 1 amide bonds. The van der Waals surface area contributed by atoms with Gasteiger partial charge >= 0.3 is 0 Å². The van der Waals surface area contributed by atoms with Crippen molar-refractivity contribution >= 4 is 49.8 Å². The SMILES string of the molecule is C=CCN(CC(=O)N1CCc2sccc2C1c1ccc(Cl)cc1)S(=O)(=O)c1cccc2cccnc12. The van der Waals surface area contributed by atoms with Gasteiger partial charge in [-0.05, 0) is 53.3 Å². The zero-order chi connectivity index (χ0) is 25.3. The number of para-hydroxylation sites is 1. The summed E-state index contributed by atoms with van der Waals surface area (Å²) in [6.45, 7) is 3.92. The topological polar surface area (TPSA) is 70.6 Å². The van der Waals surface area contributed by atoms with Crippen molar-refractivity contribution in [2.75, 3.05) is 19.6 Å². The quantitative estimate of drug-likeness (QED) is 0.300. The van der Waals surface area contributed by atoms with Crippen LogP contribution in [0.1, 0.15) is 22.0 Å². The number of thiophene rings is 1. The van der Waals surface area contributed by atoms with Crippen LogP contribution in [-0.4, -0.2) is 48.1 Å². The summed E-state index contributed by atoms with van der Waals surface area (Å²) in [6.07, 6.45) is 3.78. The molecule has 2 aromatic heterocycles. The van der Waals surface area contributed by atoms with E-state index in [1.54, 1.807) is 34.6 Å². The smallest absolute Gasteiger partial charge is 0.246 e. The Morgan fingerprint density at radius 1 is 1.17 bits per heavy atom. The van der Waals surface area contributed by atoms with Gasteiger partial charge in [0, 0.05) is 34.6 Å². The maximum atomic E-state index is 13.8. The van der Waals surface area contributed by atoms with E-state index in [0.717, 1.165) is 17.5 Å². The molecule has 36 heavy (non-hydrogen) atoms. The summed E-state index contributed by atoms with van der Waals surface area (Å²) in [4.78, 5) is 21.1. The first-order valence-corrected chi connectivity index (χ1v) is 14.2. The average Bonchev–Trinajstić information content (AvgIpc) is 3.37. The van der Waals surface area contributed by atoms with Crippen molar-refractivity contribution in [3.05, 3.63) is 106 Å². The number of sulfonamides is 1. The van der Waals surface area contributed by atoms with Gasteiger partial charge in [-0.2, -0.15) is 4.31 Å². The number of amides is 1. The van der Waals surface area contributed by atoms with Crippen LogP contribution in [-0.2, 0) is 21.2 Å². The summed E-state index contributed by atoms with van der Waals surface area (Å²) in [5.41, 5.74) is 2.38. The lowest BCUT2D eigenvalue weighted by Gasteiger charge is -2.37. The molecule has 6 nitrogen and oxygen atoms in total. The van der Waals surface area contributed by atoms with Crippen LogP contribution in [0, 0.1) is 0 Å². The Morgan fingerprint density at radius 3 is 2.72 bits per heavy atom. The minimum atomic E-state index is -4.02. The minimum absolute atomic E-state index is 0.000444. The third kappa shape index (κ3) is 4.57. The molecule has 0 saturated heterocycles. The molecular formula is C27H24ClN3O3S2. The number of fused-ring (bicyclic) bond motifs is 2. The first-order valence-electron chi connectivity index (χ1n) is 11.5. The van der Waals surface area contributed by atoms with E-state index in [2.05, 4.69) is 11.6 Å². The number of nitrogens with zero attached hydrogens (tertiary/aromatic N) is 3. The number of hydrogen-bond acceptors (Lipinski definition) is 5. The van der Waals surface area contributed by atoms with Crippen molar-refractivity contribution in [3.63, 3.8) is 0 Å². The Morgan fingerprint density at radius 2 is 1.94 bits per heavy atom. The molecule has 0 saturated carbocycles. The molecule has 0 radical (unpaired) electrons. The summed E-state index contributed by atoms with van der Waals surface area (Å²) in [6, 6.07) is 17.8. The number of halogens is 1. The molecule has 1 aliphatic heterocycles. The lowest BCUT2D eigenvalue weighted by atomic mass is 9.93. The molecule has 0 fully saturated rings. The Bertz CT molecular complexity index is 1530. The van der Waals surface area contributed by atoms with Crippen molar-refractivity contribution in [2.24, 2.45) is 0 Å². The Hall–Kier alpha value is -3.04. The average molecular weight is 538 g/mol. The molecule has 0 spiro atoms. The molecule has 0 aliphatic carbocycles. The molecule has 1 unspecified atom stereocenters. The van der Waals surface area contributed by atoms with Crippen molar-refractivity contribution in [2.45, 2.75) is 17.4 Å². The molecule has 4 aromatic rings. The summed E-state index contributed by atoms with van der Waals surface area (Å²) >= 11 is 7.79. The van der Waals surface area contributed by atoms with Gasteiger partial charge in [-0.3, -0.25) is 9.78 Å². The molecule has 9 heteroatoms. The van der Waals surface area contributed by atoms with Crippen LogP contribution in [0.4, 0.5) is 0 Å². The Labute approximate surface area is 219 Å². The Kier molecular flexibility index (Phi) is 6.94. The monoisotopic (exact) mass is 537 g/mol. The van der Waals surface area contributed by atoms with Gasteiger partial charge < -0.3 is 4.90 Å². The summed E-state index contributed by atoms with van der Waals surface area (Å²) in [5.74, 6) is -0.273. The zero-order valence-corrected chi connectivity index (χ0v) is 21.8. The summed E-state index contributed by atoms with van der Waals surface area (Å²) < 4.78 is 28.7. The van der Waals surface area contributed by atoms with E-state index in [0.29, 0.717) is 22.5 Å². The highest BCUT2D eigenvalue weighted by Gasteiger charge is 2.35. The van der Waals surface area contributed by atoms with Crippen LogP contribution in [0.3, 0.4) is 0 Å². The van der Waals surface area contributed by atoms with Crippen molar-refractivity contribution < 1.29 is 13.2 Å². The third-order valence-corrected chi connectivity index (χ3v) is 9.42. The van der Waals surface area contributed by atoms with Crippen LogP contribution in [0.25, 0.3) is 10.9 Å². The molecule has 5 rings (SSSR count).